The second-order valence-electron chi connectivity index (χ2n) is 8.38. The Labute approximate surface area is 362 Å². The fourth-order valence-corrected chi connectivity index (χ4v) is 3.42. The molecule has 0 amide bonds. The molecule has 0 aliphatic rings. The average Bonchev–Trinajstić information content (AvgIpc) is 3.51. The normalized spacial score (nSPS) is 9.31. The van der Waals surface area contributed by atoms with E-state index in [4.69, 9.17) is 9.47 Å². The van der Waals surface area contributed by atoms with E-state index >= 15 is 0 Å². The first kappa shape index (κ1) is 50.6. The Hall–Kier alpha value is 1.72. The molecule has 2 aromatic heterocycles. The van der Waals surface area contributed by atoms with Crippen molar-refractivity contribution < 1.29 is 174 Å². The van der Waals surface area contributed by atoms with Crippen molar-refractivity contribution in [3.63, 3.8) is 0 Å². The van der Waals surface area contributed by atoms with Crippen molar-refractivity contribution in [2.45, 2.75) is 26.2 Å². The van der Waals surface area contributed by atoms with E-state index in [1.165, 1.54) is 11.1 Å². The molecule has 0 radical (unpaired) electrons. The molecule has 14 heteroatoms. The van der Waals surface area contributed by atoms with Gasteiger partial charge >= 0.3 is 55.3 Å². The Bertz CT molecular complexity index is 1090. The molecule has 0 N–H and O–H groups in total. The van der Waals surface area contributed by atoms with Crippen LogP contribution in [-0.4, -0.2) is 52.3 Å². The van der Waals surface area contributed by atoms with Gasteiger partial charge in [-0.05, 0) is 35.9 Å². The van der Waals surface area contributed by atoms with Crippen LogP contribution in [-0.2, 0) is 102 Å². The maximum Gasteiger partial charge on any atom is 2.00 e. The van der Waals surface area contributed by atoms with Gasteiger partial charge in [0, 0.05) is 23.3 Å². The molecule has 4 aromatic rings. The molecule has 0 saturated heterocycles. The number of hydrogen-bond acceptors (Lipinski definition) is 3. The summed E-state index contributed by atoms with van der Waals surface area (Å²) in [5.74, 6) is 0. The molecular weight excluding hydrogens is 1380 g/mol. The Morgan fingerprint density at radius 3 is 1.31 bits per heavy atom. The van der Waals surface area contributed by atoms with Gasteiger partial charge < -0.3 is 124 Å². The van der Waals surface area contributed by atoms with Crippen molar-refractivity contribution in [1.29, 1.82) is 0 Å². The second-order valence-corrected chi connectivity index (χ2v) is 9.86. The fraction of sp³-hybridized carbons (Fsp3) is 0.357. The molecule has 0 aliphatic carbocycles. The molecule has 2 aromatic carbocycles. The molecule has 7 nitrogen and oxygen atoms in total. The third kappa shape index (κ3) is 23.1. The van der Waals surface area contributed by atoms with E-state index in [9.17, 15) is 4.21 Å². The van der Waals surface area contributed by atoms with Crippen LogP contribution in [0.4, 0.5) is 0 Å². The molecule has 2 heterocycles. The zero-order valence-corrected chi connectivity index (χ0v) is 44.5. The number of imidazole rings is 2. The molecule has 0 fully saturated rings. The molecule has 0 atom stereocenters. The summed E-state index contributed by atoms with van der Waals surface area (Å²) < 4.78 is 29.1. The van der Waals surface area contributed by atoms with E-state index in [1.54, 1.807) is 12.5 Å². The summed E-state index contributed by atoms with van der Waals surface area (Å²) in [7, 11) is -0.611. The minimum absolute atomic E-state index is 0. The summed E-state index contributed by atoms with van der Waals surface area (Å²) in [6.45, 7) is 5.68. The van der Waals surface area contributed by atoms with E-state index in [2.05, 4.69) is 70.3 Å². The van der Waals surface area contributed by atoms with Gasteiger partial charge in [-0.3, -0.25) is 4.21 Å². The molecule has 0 saturated carbocycles. The van der Waals surface area contributed by atoms with Crippen LogP contribution < -0.4 is 105 Å². The van der Waals surface area contributed by atoms with Gasteiger partial charge in [-0.25, -0.2) is 0 Å². The average molecular weight is 1420 g/mol. The fourth-order valence-electron chi connectivity index (χ4n) is 3.42. The molecule has 0 unspecified atom stereocenters. The topological polar surface area (TPSA) is 53.2 Å². The number of ether oxygens (including phenoxy) is 2. The largest absolute Gasteiger partial charge is 2.00 e. The van der Waals surface area contributed by atoms with Gasteiger partial charge in [0.1, 0.15) is 0 Å². The molecule has 0 spiro atoms. The minimum Gasteiger partial charge on any atom is -1.00 e. The smallest absolute Gasteiger partial charge is 1.00 e. The van der Waals surface area contributed by atoms with E-state index in [1.807, 2.05) is 46.1 Å². The van der Waals surface area contributed by atoms with Crippen LogP contribution in [0, 0.1) is 12.7 Å². The summed E-state index contributed by atoms with van der Waals surface area (Å²) in [5.41, 5.74) is 2.53. The number of hydrogen-bond donors (Lipinski definition) is 0. The Morgan fingerprint density at radius 2 is 0.976 bits per heavy atom. The zero-order chi connectivity index (χ0) is 25.4. The van der Waals surface area contributed by atoms with Crippen LogP contribution >= 0.6 is 0 Å². The molecular formula is C28H36Hg2I4N4O3S. The van der Waals surface area contributed by atoms with Gasteiger partial charge in [-0.1, -0.05) is 60.7 Å². The van der Waals surface area contributed by atoms with Gasteiger partial charge in [-0.2, -0.15) is 0 Å². The summed E-state index contributed by atoms with van der Waals surface area (Å²) in [6.07, 6.45) is 18.1. The molecule has 4 rings (SSSR count). The molecule has 0 aliphatic heterocycles. The summed E-state index contributed by atoms with van der Waals surface area (Å²) in [5, 5.41) is 0. The van der Waals surface area contributed by atoms with Gasteiger partial charge in [0.15, 0.2) is 0 Å². The second kappa shape index (κ2) is 31.3. The Balaban J connectivity index is -0.000000680. The van der Waals surface area contributed by atoms with Crippen molar-refractivity contribution in [2.24, 2.45) is 0 Å². The van der Waals surface area contributed by atoms with E-state index in [0.29, 0.717) is 26.4 Å². The number of halogens is 4. The van der Waals surface area contributed by atoms with Crippen molar-refractivity contribution in [3.05, 3.63) is 109 Å². The van der Waals surface area contributed by atoms with Crippen LogP contribution in [0.15, 0.2) is 85.5 Å². The Kier molecular flexibility index (Phi) is 37.7. The number of aromatic nitrogens is 4. The maximum atomic E-state index is 9.56. The van der Waals surface area contributed by atoms with Crippen LogP contribution in [0.3, 0.4) is 0 Å². The maximum absolute atomic E-state index is 9.56. The number of nitrogens with zero attached hydrogens (tertiary/aromatic N) is 4. The van der Waals surface area contributed by atoms with Gasteiger partial charge in [0.2, 0.25) is 12.7 Å². The van der Waals surface area contributed by atoms with E-state index < -0.39 is 10.8 Å². The van der Waals surface area contributed by atoms with Crippen molar-refractivity contribution in [3.8, 4) is 0 Å². The first-order chi connectivity index (χ1) is 17.6. The third-order valence-corrected chi connectivity index (χ3v) is 5.08. The van der Waals surface area contributed by atoms with Crippen molar-refractivity contribution in [1.82, 2.24) is 9.13 Å². The first-order valence-electron chi connectivity index (χ1n) is 12.0. The number of rotatable bonds is 13. The SMILES string of the molecule is CS(C)=O.[Hg+2].[Hg+2].[I-].[I-].[I-].[I-].[c-]1n(Cc2ccccc2)cc[n+]1CCOCCOCC[n+]1[c-]n(Cc2ccccc2)cc1. The van der Waals surface area contributed by atoms with E-state index in [-0.39, 0.29) is 151 Å². The summed E-state index contributed by atoms with van der Waals surface area (Å²) in [6, 6.07) is 20.8. The first-order valence-corrected chi connectivity index (χ1v) is 14.0. The van der Waals surface area contributed by atoms with E-state index in [0.717, 1.165) is 26.2 Å². The molecule has 0 bridgehead atoms. The minimum atomic E-state index is -0.611. The van der Waals surface area contributed by atoms with Crippen molar-refractivity contribution in [2.75, 3.05) is 38.9 Å². The van der Waals surface area contributed by atoms with Crippen LogP contribution in [0.2, 0.25) is 0 Å². The standard InChI is InChI=1S/C26H30N4O2.C2H6OS.2Hg.4HI/c1-3-7-25(8-4-1)21-29-13-11-27(23-29)15-17-31-19-20-32-18-16-28-12-14-30(24-28)22-26-9-5-2-6-10-26;1-4(2)3;;;;;;/h1-14H,15-22H2;1-2H3;;;4*1H/q;;2*+2;;;;/p-4. The predicted molar refractivity (Wildman–Crippen MR) is 140 cm³/mol. The molecule has 42 heavy (non-hydrogen) atoms. The van der Waals surface area contributed by atoms with Gasteiger partial charge in [0.05, 0.1) is 52.6 Å². The van der Waals surface area contributed by atoms with Crippen LogP contribution in [0.1, 0.15) is 11.1 Å². The predicted octanol–water partition coefficient (Wildman–Crippen LogP) is -9.70. The zero-order valence-electron chi connectivity index (χ0n) is 24.1. The molecule has 224 valence electrons. The van der Waals surface area contributed by atoms with Crippen LogP contribution in [0.25, 0.3) is 0 Å². The summed E-state index contributed by atoms with van der Waals surface area (Å²) >= 11 is 0. The monoisotopic (exact) mass is 1420 g/mol. The quantitative estimate of drug-likeness (QED) is 0.0441. The van der Waals surface area contributed by atoms with Crippen LogP contribution in [0.5, 0.6) is 0 Å². The Morgan fingerprint density at radius 1 is 0.643 bits per heavy atom. The number of benzene rings is 2. The summed E-state index contributed by atoms with van der Waals surface area (Å²) in [4.78, 5) is 0. The third-order valence-electron chi connectivity index (χ3n) is 5.08. The van der Waals surface area contributed by atoms with Gasteiger partial charge in [0.25, 0.3) is 0 Å². The van der Waals surface area contributed by atoms with Gasteiger partial charge in [-0.15, -0.1) is 0 Å². The van der Waals surface area contributed by atoms with Crippen molar-refractivity contribution >= 4 is 10.8 Å².